The molecule has 0 amide bonds. The minimum Gasteiger partial charge on any atom is -0.313 e. The number of hydrogen-bond donors (Lipinski definition) is 1. The highest BCUT2D eigenvalue weighted by molar-refractivity contribution is 5.26. The summed E-state index contributed by atoms with van der Waals surface area (Å²) in [5, 5.41) is 3.20. The van der Waals surface area contributed by atoms with Gasteiger partial charge in [-0.15, -0.1) is 0 Å². The zero-order chi connectivity index (χ0) is 11.3. The van der Waals surface area contributed by atoms with E-state index in [2.05, 4.69) is 26.1 Å². The van der Waals surface area contributed by atoms with E-state index >= 15 is 0 Å². The molecule has 84 valence electrons. The summed E-state index contributed by atoms with van der Waals surface area (Å²) >= 11 is 0. The fraction of sp³-hybridized carbons (Fsp3) is 0.538. The molecule has 0 saturated carbocycles. The van der Waals surface area contributed by atoms with Gasteiger partial charge in [-0.3, -0.25) is 0 Å². The van der Waals surface area contributed by atoms with Gasteiger partial charge in [0.1, 0.15) is 5.82 Å². The summed E-state index contributed by atoms with van der Waals surface area (Å²) in [7, 11) is 0. The van der Waals surface area contributed by atoms with Crippen molar-refractivity contribution < 1.29 is 4.39 Å². The lowest BCUT2D eigenvalue weighted by atomic mass is 10.0. The first-order chi connectivity index (χ1) is 7.15. The summed E-state index contributed by atoms with van der Waals surface area (Å²) in [4.78, 5) is 0. The molecular formula is C13H20FN. The second kappa shape index (κ2) is 5.86. The lowest BCUT2D eigenvalue weighted by Gasteiger charge is -2.09. The van der Waals surface area contributed by atoms with E-state index in [1.165, 1.54) is 0 Å². The number of halogens is 1. The molecule has 0 spiro atoms. The summed E-state index contributed by atoms with van der Waals surface area (Å²) < 4.78 is 13.6. The minimum atomic E-state index is -0.0928. The Bertz CT molecular complexity index is 307. The number of rotatable bonds is 5. The van der Waals surface area contributed by atoms with Gasteiger partial charge >= 0.3 is 0 Å². The van der Waals surface area contributed by atoms with Gasteiger partial charge in [0.15, 0.2) is 0 Å². The molecule has 0 bridgehead atoms. The number of benzene rings is 1. The lowest BCUT2D eigenvalue weighted by molar-refractivity contribution is 0.583. The monoisotopic (exact) mass is 209 g/mol. The Labute approximate surface area is 91.7 Å². The third-order valence-corrected chi connectivity index (χ3v) is 2.49. The van der Waals surface area contributed by atoms with Crippen LogP contribution in [0.5, 0.6) is 0 Å². The van der Waals surface area contributed by atoms with Crippen molar-refractivity contribution in [1.82, 2.24) is 5.32 Å². The van der Waals surface area contributed by atoms with Crippen LogP contribution < -0.4 is 5.32 Å². The Hall–Kier alpha value is -0.890. The van der Waals surface area contributed by atoms with Crippen molar-refractivity contribution in [2.75, 3.05) is 6.54 Å². The number of nitrogens with one attached hydrogen (secondary N) is 1. The van der Waals surface area contributed by atoms with Gasteiger partial charge in [-0.1, -0.05) is 32.9 Å². The molecule has 0 atom stereocenters. The van der Waals surface area contributed by atoms with Gasteiger partial charge in [-0.2, -0.15) is 0 Å². The van der Waals surface area contributed by atoms with Crippen LogP contribution in [0.2, 0.25) is 0 Å². The maximum absolute atomic E-state index is 13.6. The van der Waals surface area contributed by atoms with Crippen molar-refractivity contribution in [3.63, 3.8) is 0 Å². The quantitative estimate of drug-likeness (QED) is 0.732. The molecule has 2 heteroatoms. The van der Waals surface area contributed by atoms with E-state index in [1.54, 1.807) is 6.07 Å². The Balaban J connectivity index is 2.66. The molecule has 0 aliphatic carbocycles. The van der Waals surface area contributed by atoms with E-state index in [0.717, 1.165) is 24.1 Å². The SMILES string of the molecule is CCCNCc1ccc(C(C)C)cc1F. The smallest absolute Gasteiger partial charge is 0.127 e. The molecule has 0 unspecified atom stereocenters. The summed E-state index contributed by atoms with van der Waals surface area (Å²) in [6.07, 6.45) is 1.08. The van der Waals surface area contributed by atoms with E-state index < -0.39 is 0 Å². The molecule has 0 saturated heterocycles. The van der Waals surface area contributed by atoms with E-state index in [-0.39, 0.29) is 5.82 Å². The summed E-state index contributed by atoms with van der Waals surface area (Å²) in [6, 6.07) is 5.54. The fourth-order valence-corrected chi connectivity index (χ4v) is 1.47. The minimum absolute atomic E-state index is 0.0928. The Kier molecular flexibility index (Phi) is 4.76. The molecule has 0 aliphatic rings. The van der Waals surface area contributed by atoms with Crippen molar-refractivity contribution in [1.29, 1.82) is 0 Å². The molecule has 0 heterocycles. The second-order valence-electron chi connectivity index (χ2n) is 4.18. The molecular weight excluding hydrogens is 189 g/mol. The second-order valence-corrected chi connectivity index (χ2v) is 4.18. The van der Waals surface area contributed by atoms with Crippen LogP contribution in [0.3, 0.4) is 0 Å². The van der Waals surface area contributed by atoms with Crippen LogP contribution in [0.25, 0.3) is 0 Å². The van der Waals surface area contributed by atoms with E-state index in [9.17, 15) is 4.39 Å². The van der Waals surface area contributed by atoms with Crippen molar-refractivity contribution in [3.8, 4) is 0 Å². The van der Waals surface area contributed by atoms with Crippen molar-refractivity contribution in [3.05, 3.63) is 35.1 Å². The Morgan fingerprint density at radius 3 is 2.60 bits per heavy atom. The van der Waals surface area contributed by atoms with Crippen molar-refractivity contribution in [2.24, 2.45) is 0 Å². The van der Waals surface area contributed by atoms with Gasteiger partial charge in [0.05, 0.1) is 0 Å². The van der Waals surface area contributed by atoms with Crippen LogP contribution in [0.4, 0.5) is 4.39 Å². The largest absolute Gasteiger partial charge is 0.313 e. The van der Waals surface area contributed by atoms with Gasteiger partial charge in [0, 0.05) is 12.1 Å². The highest BCUT2D eigenvalue weighted by atomic mass is 19.1. The highest BCUT2D eigenvalue weighted by Gasteiger charge is 2.05. The molecule has 0 fully saturated rings. The Morgan fingerprint density at radius 2 is 2.07 bits per heavy atom. The van der Waals surface area contributed by atoms with Crippen LogP contribution >= 0.6 is 0 Å². The third kappa shape index (κ3) is 3.63. The molecule has 1 rings (SSSR count). The fourth-order valence-electron chi connectivity index (χ4n) is 1.47. The van der Waals surface area contributed by atoms with Crippen LogP contribution in [-0.4, -0.2) is 6.54 Å². The molecule has 15 heavy (non-hydrogen) atoms. The normalized spacial score (nSPS) is 11.0. The summed E-state index contributed by atoms with van der Waals surface area (Å²) in [5.41, 5.74) is 1.82. The first-order valence-corrected chi connectivity index (χ1v) is 5.64. The van der Waals surface area contributed by atoms with Gasteiger partial charge in [-0.25, -0.2) is 4.39 Å². The van der Waals surface area contributed by atoms with E-state index in [4.69, 9.17) is 0 Å². The maximum Gasteiger partial charge on any atom is 0.127 e. The van der Waals surface area contributed by atoms with E-state index in [0.29, 0.717) is 12.5 Å². The first-order valence-electron chi connectivity index (χ1n) is 5.64. The molecule has 1 nitrogen and oxygen atoms in total. The predicted octanol–water partition coefficient (Wildman–Crippen LogP) is 3.45. The summed E-state index contributed by atoms with van der Waals surface area (Å²) in [6.45, 7) is 7.81. The van der Waals surface area contributed by atoms with Crippen LogP contribution in [0.15, 0.2) is 18.2 Å². The maximum atomic E-state index is 13.6. The predicted molar refractivity (Wildman–Crippen MR) is 62.5 cm³/mol. The lowest BCUT2D eigenvalue weighted by Crippen LogP contribution is -2.14. The molecule has 1 aromatic carbocycles. The standard InChI is InChI=1S/C13H20FN/c1-4-7-15-9-12-6-5-11(10(2)3)8-13(12)14/h5-6,8,10,15H,4,7,9H2,1-3H3. The van der Waals surface area contributed by atoms with E-state index in [1.807, 2.05) is 12.1 Å². The average Bonchev–Trinajstić information content (AvgIpc) is 2.20. The topological polar surface area (TPSA) is 12.0 Å². The van der Waals surface area contributed by atoms with Crippen molar-refractivity contribution >= 4 is 0 Å². The highest BCUT2D eigenvalue weighted by Crippen LogP contribution is 2.17. The molecule has 1 N–H and O–H groups in total. The van der Waals surface area contributed by atoms with Gasteiger partial charge < -0.3 is 5.32 Å². The number of hydrogen-bond acceptors (Lipinski definition) is 1. The van der Waals surface area contributed by atoms with Crippen molar-refractivity contribution in [2.45, 2.75) is 39.7 Å². The van der Waals surface area contributed by atoms with Gasteiger partial charge in [-0.05, 0) is 30.5 Å². The third-order valence-electron chi connectivity index (χ3n) is 2.49. The van der Waals surface area contributed by atoms with Crippen LogP contribution in [-0.2, 0) is 6.54 Å². The molecule has 0 aromatic heterocycles. The van der Waals surface area contributed by atoms with Crippen LogP contribution in [0, 0.1) is 5.82 Å². The van der Waals surface area contributed by atoms with Gasteiger partial charge in [0.25, 0.3) is 0 Å². The first kappa shape index (κ1) is 12.2. The zero-order valence-corrected chi connectivity index (χ0v) is 9.81. The van der Waals surface area contributed by atoms with Gasteiger partial charge in [0.2, 0.25) is 0 Å². The molecule has 1 aromatic rings. The molecule has 0 aliphatic heterocycles. The summed E-state index contributed by atoms with van der Waals surface area (Å²) in [5.74, 6) is 0.293. The Morgan fingerprint density at radius 1 is 1.33 bits per heavy atom. The van der Waals surface area contributed by atoms with Crippen LogP contribution in [0.1, 0.15) is 44.2 Å². The molecule has 0 radical (unpaired) electrons. The zero-order valence-electron chi connectivity index (χ0n) is 9.81. The average molecular weight is 209 g/mol.